The van der Waals surface area contributed by atoms with E-state index in [9.17, 15) is 0 Å². The molecule has 0 amide bonds. The van der Waals surface area contributed by atoms with E-state index in [1.807, 2.05) is 18.2 Å². The quantitative estimate of drug-likeness (QED) is 0.426. The molecule has 1 aromatic carbocycles. The maximum absolute atomic E-state index is 3.89. The van der Waals surface area contributed by atoms with Gasteiger partial charge in [0.1, 0.15) is 0 Å². The first kappa shape index (κ1) is 13.9. The van der Waals surface area contributed by atoms with Crippen molar-refractivity contribution in [1.29, 1.82) is 0 Å². The van der Waals surface area contributed by atoms with E-state index in [1.54, 1.807) is 0 Å². The third-order valence-electron chi connectivity index (χ3n) is 1.50. The van der Waals surface area contributed by atoms with Crippen LogP contribution in [0.1, 0.15) is 18.1 Å². The molecule has 0 N–H and O–H groups in total. The van der Waals surface area contributed by atoms with Crippen molar-refractivity contribution >= 4 is 23.1 Å². The number of halogens is 1. The van der Waals surface area contributed by atoms with Crippen LogP contribution in [0.15, 0.2) is 24.3 Å². The molecule has 0 saturated carbocycles. The summed E-state index contributed by atoms with van der Waals surface area (Å²) in [7, 11) is 0. The Morgan fingerprint density at radius 1 is 1.27 bits per heavy atom. The largest absolute Gasteiger partial charge is 2.00 e. The predicted octanol–water partition coefficient (Wildman–Crippen LogP) is -0.946. The Balaban J connectivity index is 0. The van der Waals surface area contributed by atoms with E-state index >= 15 is 0 Å². The molecule has 0 aliphatic heterocycles. The third-order valence-corrected chi connectivity index (χ3v) is 1.50. The van der Waals surface area contributed by atoms with E-state index in [-0.39, 0.29) is 40.0 Å². The Kier molecular flexibility index (Phi) is 8.86. The molecule has 56 valence electrons. The van der Waals surface area contributed by atoms with Gasteiger partial charge in [-0.05, 0) is 0 Å². The van der Waals surface area contributed by atoms with Gasteiger partial charge in [0.2, 0.25) is 0 Å². The van der Waals surface area contributed by atoms with Gasteiger partial charge in [0.05, 0.1) is 0 Å². The number of aryl methyl sites for hydroxylation is 1. The number of rotatable bonds is 1. The van der Waals surface area contributed by atoms with Crippen molar-refractivity contribution in [2.45, 2.75) is 13.3 Å². The van der Waals surface area contributed by atoms with Crippen LogP contribution in [0.2, 0.25) is 0 Å². The molecule has 0 aromatic heterocycles. The molecule has 0 aliphatic carbocycles. The fourth-order valence-electron chi connectivity index (χ4n) is 0.902. The standard InChI is InChI=1S/C9H11.BrH.Mg/c1-3-9-7-5-4-6-8(9)2;;/h4-7H,2-3H2,1H3;1H;/q-1;;+2/p-1. The molecule has 0 spiro atoms. The Morgan fingerprint density at radius 3 is 2.18 bits per heavy atom. The summed E-state index contributed by atoms with van der Waals surface area (Å²) in [5, 5.41) is 0. The summed E-state index contributed by atoms with van der Waals surface area (Å²) in [4.78, 5) is 0. The van der Waals surface area contributed by atoms with Crippen molar-refractivity contribution in [3.63, 3.8) is 0 Å². The van der Waals surface area contributed by atoms with Crippen LogP contribution in [0.5, 0.6) is 0 Å². The van der Waals surface area contributed by atoms with Gasteiger partial charge in [-0.1, -0.05) is 19.4 Å². The van der Waals surface area contributed by atoms with Crippen molar-refractivity contribution in [2.75, 3.05) is 0 Å². The molecular weight excluding hydrogens is 212 g/mol. The zero-order valence-corrected chi connectivity index (χ0v) is 9.81. The van der Waals surface area contributed by atoms with Crippen molar-refractivity contribution in [3.05, 3.63) is 42.3 Å². The van der Waals surface area contributed by atoms with Crippen LogP contribution in [0.4, 0.5) is 0 Å². The van der Waals surface area contributed by atoms with E-state index in [4.69, 9.17) is 0 Å². The van der Waals surface area contributed by atoms with Gasteiger partial charge in [-0.25, -0.2) is 0 Å². The summed E-state index contributed by atoms with van der Waals surface area (Å²) in [6, 6.07) is 8.22. The topological polar surface area (TPSA) is 0 Å². The molecule has 2 heteroatoms. The van der Waals surface area contributed by atoms with Crippen molar-refractivity contribution in [2.24, 2.45) is 0 Å². The fourth-order valence-corrected chi connectivity index (χ4v) is 0.902. The Hall–Kier alpha value is 0.336. The molecule has 0 atom stereocenters. The van der Waals surface area contributed by atoms with Gasteiger partial charge >= 0.3 is 23.1 Å². The normalized spacial score (nSPS) is 7.73. The Labute approximate surface area is 95.3 Å². The van der Waals surface area contributed by atoms with E-state index in [2.05, 4.69) is 19.9 Å². The maximum Gasteiger partial charge on any atom is 2.00 e. The molecule has 11 heavy (non-hydrogen) atoms. The summed E-state index contributed by atoms with van der Waals surface area (Å²) >= 11 is 0. The summed E-state index contributed by atoms with van der Waals surface area (Å²) in [5.74, 6) is 0. The molecule has 0 radical (unpaired) electrons. The van der Waals surface area contributed by atoms with E-state index in [0.717, 1.165) is 12.0 Å². The first-order valence-corrected chi connectivity index (χ1v) is 3.24. The van der Waals surface area contributed by atoms with Crippen LogP contribution in [-0.2, 0) is 6.42 Å². The van der Waals surface area contributed by atoms with Gasteiger partial charge in [0, 0.05) is 0 Å². The molecule has 0 heterocycles. The molecular formula is C9H11BrMg. The monoisotopic (exact) mass is 222 g/mol. The van der Waals surface area contributed by atoms with Crippen LogP contribution in [-0.4, -0.2) is 23.1 Å². The van der Waals surface area contributed by atoms with Gasteiger partial charge in [-0.3, -0.25) is 0 Å². The minimum atomic E-state index is 0. The third kappa shape index (κ3) is 4.04. The van der Waals surface area contributed by atoms with E-state index < -0.39 is 0 Å². The summed E-state index contributed by atoms with van der Waals surface area (Å²) in [6.45, 7) is 6.03. The SMILES string of the molecule is [Br-].[CH2-]c1ccccc1CC.[Mg+2]. The first-order valence-electron chi connectivity index (χ1n) is 3.24. The summed E-state index contributed by atoms with van der Waals surface area (Å²) in [5.41, 5.74) is 2.50. The van der Waals surface area contributed by atoms with Crippen LogP contribution < -0.4 is 17.0 Å². The molecule has 1 rings (SSSR count). The van der Waals surface area contributed by atoms with Crippen LogP contribution in [0.25, 0.3) is 0 Å². The zero-order valence-electron chi connectivity index (χ0n) is 6.81. The maximum atomic E-state index is 3.89. The van der Waals surface area contributed by atoms with Crippen LogP contribution >= 0.6 is 0 Å². The molecule has 0 fully saturated rings. The predicted molar refractivity (Wildman–Crippen MR) is 46.0 cm³/mol. The van der Waals surface area contributed by atoms with Gasteiger partial charge in [0.25, 0.3) is 0 Å². The number of hydrogen-bond acceptors (Lipinski definition) is 0. The zero-order chi connectivity index (χ0) is 6.69. The average Bonchev–Trinajstić information content (AvgIpc) is 1.89. The molecule has 0 bridgehead atoms. The van der Waals surface area contributed by atoms with Gasteiger partial charge in [-0.2, -0.15) is 18.6 Å². The number of hydrogen-bond donors (Lipinski definition) is 0. The van der Waals surface area contributed by atoms with Crippen LogP contribution in [0.3, 0.4) is 0 Å². The van der Waals surface area contributed by atoms with E-state index in [1.165, 1.54) is 5.56 Å². The van der Waals surface area contributed by atoms with Crippen LogP contribution in [0, 0.1) is 6.92 Å². The Morgan fingerprint density at radius 2 is 1.82 bits per heavy atom. The summed E-state index contributed by atoms with van der Waals surface area (Å²) < 4.78 is 0. The smallest absolute Gasteiger partial charge is 1.00 e. The van der Waals surface area contributed by atoms with Gasteiger partial charge < -0.3 is 17.0 Å². The van der Waals surface area contributed by atoms with Gasteiger partial charge in [-0.15, -0.1) is 17.7 Å². The second-order valence-electron chi connectivity index (χ2n) is 2.12. The molecule has 0 nitrogen and oxygen atoms in total. The fraction of sp³-hybridized carbons (Fsp3) is 0.222. The molecule has 1 aromatic rings. The van der Waals surface area contributed by atoms with Gasteiger partial charge in [0.15, 0.2) is 0 Å². The van der Waals surface area contributed by atoms with Crippen molar-refractivity contribution in [1.82, 2.24) is 0 Å². The second kappa shape index (κ2) is 7.01. The minimum Gasteiger partial charge on any atom is -1.00 e. The molecule has 0 aliphatic rings. The van der Waals surface area contributed by atoms with E-state index in [0.29, 0.717) is 0 Å². The second-order valence-corrected chi connectivity index (χ2v) is 2.12. The minimum absolute atomic E-state index is 0. The Bertz CT molecular complexity index is 199. The molecule has 0 saturated heterocycles. The average molecular weight is 223 g/mol. The van der Waals surface area contributed by atoms with Crippen molar-refractivity contribution in [3.8, 4) is 0 Å². The van der Waals surface area contributed by atoms with Crippen molar-refractivity contribution < 1.29 is 17.0 Å². The number of benzene rings is 1. The molecule has 0 unspecified atom stereocenters. The first-order chi connectivity index (χ1) is 4.34. The summed E-state index contributed by atoms with van der Waals surface area (Å²) in [6.07, 6.45) is 1.08.